The van der Waals surface area contributed by atoms with Crippen molar-refractivity contribution in [2.24, 2.45) is 0 Å². The highest BCUT2D eigenvalue weighted by atomic mass is 16.1. The Morgan fingerprint density at radius 3 is 2.10 bits per heavy atom. The summed E-state index contributed by atoms with van der Waals surface area (Å²) in [6.45, 7) is 4.25. The molecule has 0 atom stereocenters. The molecule has 0 saturated carbocycles. The van der Waals surface area contributed by atoms with Crippen molar-refractivity contribution in [3.8, 4) is 0 Å². The van der Waals surface area contributed by atoms with Crippen LogP contribution in [0.4, 0.5) is 5.69 Å². The molecular formula is C26H33NO2. The number of carbonyl (C=O) groups is 2. The fourth-order valence-corrected chi connectivity index (χ4v) is 3.13. The minimum atomic E-state index is -0.0495. The summed E-state index contributed by atoms with van der Waals surface area (Å²) in [7, 11) is 0. The second kappa shape index (κ2) is 12.7. The second-order valence-corrected chi connectivity index (χ2v) is 7.61. The van der Waals surface area contributed by atoms with E-state index in [2.05, 4.69) is 12.2 Å². The lowest BCUT2D eigenvalue weighted by Crippen LogP contribution is -2.11. The molecular weight excluding hydrogens is 358 g/mol. The minimum Gasteiger partial charge on any atom is -0.326 e. The fraction of sp³-hybridized carbons (Fsp3) is 0.385. The molecule has 3 nitrogen and oxygen atoms in total. The molecule has 0 unspecified atom stereocenters. The van der Waals surface area contributed by atoms with Gasteiger partial charge in [-0.2, -0.15) is 0 Å². The number of hydrogen-bond donors (Lipinski definition) is 1. The molecule has 0 radical (unpaired) electrons. The van der Waals surface area contributed by atoms with Crippen LogP contribution < -0.4 is 5.32 Å². The van der Waals surface area contributed by atoms with E-state index in [4.69, 9.17) is 0 Å². The third-order valence-corrected chi connectivity index (χ3v) is 4.97. The SMILES string of the molecule is CCCCCCCCCC(=O)Nc1ccc(C(=O)/C=C/c2ccc(C)cc2)cc1. The lowest BCUT2D eigenvalue weighted by Gasteiger charge is -2.06. The van der Waals surface area contributed by atoms with Gasteiger partial charge < -0.3 is 5.32 Å². The molecule has 3 heteroatoms. The largest absolute Gasteiger partial charge is 0.326 e. The van der Waals surface area contributed by atoms with E-state index < -0.39 is 0 Å². The first-order valence-electron chi connectivity index (χ1n) is 10.8. The molecule has 0 heterocycles. The van der Waals surface area contributed by atoms with Crippen LogP contribution in [0.2, 0.25) is 0 Å². The van der Waals surface area contributed by atoms with E-state index in [-0.39, 0.29) is 11.7 Å². The summed E-state index contributed by atoms with van der Waals surface area (Å²) in [5.41, 5.74) is 3.53. The Hall–Kier alpha value is -2.68. The van der Waals surface area contributed by atoms with Crippen molar-refractivity contribution in [2.75, 3.05) is 5.32 Å². The number of rotatable bonds is 12. The zero-order valence-corrected chi connectivity index (χ0v) is 17.7. The van der Waals surface area contributed by atoms with Crippen molar-refractivity contribution >= 4 is 23.5 Å². The Morgan fingerprint density at radius 1 is 0.828 bits per heavy atom. The van der Waals surface area contributed by atoms with Crippen LogP contribution in [0.3, 0.4) is 0 Å². The number of amides is 1. The molecule has 29 heavy (non-hydrogen) atoms. The number of hydrogen-bond acceptors (Lipinski definition) is 2. The number of unbranched alkanes of at least 4 members (excludes halogenated alkanes) is 6. The standard InChI is InChI=1S/C26H33NO2/c1-3-4-5-6-7-8-9-10-26(29)27-24-18-16-23(17-19-24)25(28)20-15-22-13-11-21(2)12-14-22/h11-20H,3-10H2,1-2H3,(H,27,29)/b20-15+. The van der Waals surface area contributed by atoms with E-state index in [1.54, 1.807) is 30.3 Å². The zero-order chi connectivity index (χ0) is 20.9. The van der Waals surface area contributed by atoms with Crippen LogP contribution in [0.25, 0.3) is 6.08 Å². The number of carbonyl (C=O) groups excluding carboxylic acids is 2. The first-order valence-corrected chi connectivity index (χ1v) is 10.8. The van der Waals surface area contributed by atoms with Gasteiger partial charge in [-0.25, -0.2) is 0 Å². The maximum atomic E-state index is 12.3. The van der Waals surface area contributed by atoms with Crippen LogP contribution in [0.15, 0.2) is 54.6 Å². The minimum absolute atomic E-state index is 0.0388. The molecule has 1 amide bonds. The summed E-state index contributed by atoms with van der Waals surface area (Å²) in [4.78, 5) is 24.4. The summed E-state index contributed by atoms with van der Waals surface area (Å²) < 4.78 is 0. The van der Waals surface area contributed by atoms with Crippen LogP contribution in [0.5, 0.6) is 0 Å². The Bertz CT molecular complexity index is 788. The average Bonchev–Trinajstić information content (AvgIpc) is 2.73. The van der Waals surface area contributed by atoms with Gasteiger partial charge in [0, 0.05) is 17.7 Å². The lowest BCUT2D eigenvalue weighted by molar-refractivity contribution is -0.116. The Morgan fingerprint density at radius 2 is 1.45 bits per heavy atom. The number of ketones is 1. The van der Waals surface area contributed by atoms with E-state index >= 15 is 0 Å². The highest BCUT2D eigenvalue weighted by Crippen LogP contribution is 2.14. The molecule has 0 spiro atoms. The van der Waals surface area contributed by atoms with Gasteiger partial charge in [-0.3, -0.25) is 9.59 Å². The Balaban J connectivity index is 1.73. The Kier molecular flexibility index (Phi) is 9.91. The van der Waals surface area contributed by atoms with E-state index in [1.165, 1.54) is 37.7 Å². The summed E-state index contributed by atoms with van der Waals surface area (Å²) >= 11 is 0. The topological polar surface area (TPSA) is 46.2 Å². The molecule has 2 aromatic rings. The monoisotopic (exact) mass is 391 g/mol. The number of benzene rings is 2. The first-order chi connectivity index (χ1) is 14.1. The summed E-state index contributed by atoms with van der Waals surface area (Å²) in [6, 6.07) is 15.1. The molecule has 0 fully saturated rings. The first kappa shape index (κ1) is 22.6. The van der Waals surface area contributed by atoms with Gasteiger partial charge in [-0.15, -0.1) is 0 Å². The van der Waals surface area contributed by atoms with Crippen molar-refractivity contribution in [1.29, 1.82) is 0 Å². The molecule has 0 saturated heterocycles. The van der Waals surface area contributed by atoms with Gasteiger partial charge >= 0.3 is 0 Å². The van der Waals surface area contributed by atoms with Crippen LogP contribution in [-0.4, -0.2) is 11.7 Å². The molecule has 1 N–H and O–H groups in total. The molecule has 0 aromatic heterocycles. The van der Waals surface area contributed by atoms with Gasteiger partial charge in [-0.1, -0.05) is 81.4 Å². The zero-order valence-electron chi connectivity index (χ0n) is 17.7. The molecule has 0 aliphatic heterocycles. The van der Waals surface area contributed by atoms with Gasteiger partial charge in [0.05, 0.1) is 0 Å². The average molecular weight is 392 g/mol. The summed E-state index contributed by atoms with van der Waals surface area (Å²) in [5, 5.41) is 2.91. The van der Waals surface area contributed by atoms with E-state index in [0.29, 0.717) is 12.0 Å². The van der Waals surface area contributed by atoms with Crippen LogP contribution in [0.1, 0.15) is 79.8 Å². The quantitative estimate of drug-likeness (QED) is 0.241. The molecule has 2 aromatic carbocycles. The van der Waals surface area contributed by atoms with Crippen LogP contribution >= 0.6 is 0 Å². The predicted molar refractivity (Wildman–Crippen MR) is 122 cm³/mol. The third-order valence-electron chi connectivity index (χ3n) is 4.97. The highest BCUT2D eigenvalue weighted by molar-refractivity contribution is 6.07. The lowest BCUT2D eigenvalue weighted by atomic mass is 10.1. The number of aryl methyl sites for hydroxylation is 1. The van der Waals surface area contributed by atoms with Gasteiger partial charge in [0.15, 0.2) is 5.78 Å². The predicted octanol–water partition coefficient (Wildman–Crippen LogP) is 6.97. The molecule has 0 aliphatic rings. The number of anilines is 1. The van der Waals surface area contributed by atoms with Gasteiger partial charge in [0.2, 0.25) is 5.91 Å². The second-order valence-electron chi connectivity index (χ2n) is 7.61. The fourth-order valence-electron chi connectivity index (χ4n) is 3.13. The van der Waals surface area contributed by atoms with Gasteiger partial charge in [0.1, 0.15) is 0 Å². The maximum absolute atomic E-state index is 12.3. The summed E-state index contributed by atoms with van der Waals surface area (Å²) in [6.07, 6.45) is 12.3. The molecule has 0 aliphatic carbocycles. The molecule has 2 rings (SSSR count). The van der Waals surface area contributed by atoms with Gasteiger partial charge in [-0.05, 0) is 49.2 Å². The normalized spacial score (nSPS) is 11.0. The van der Waals surface area contributed by atoms with E-state index in [1.807, 2.05) is 37.3 Å². The number of nitrogens with one attached hydrogen (secondary N) is 1. The Labute approximate surface area is 175 Å². The third kappa shape index (κ3) is 8.91. The van der Waals surface area contributed by atoms with E-state index in [9.17, 15) is 9.59 Å². The molecule has 154 valence electrons. The van der Waals surface area contributed by atoms with Crippen molar-refractivity contribution in [2.45, 2.75) is 65.2 Å². The van der Waals surface area contributed by atoms with Crippen molar-refractivity contribution in [3.63, 3.8) is 0 Å². The van der Waals surface area contributed by atoms with Crippen molar-refractivity contribution in [1.82, 2.24) is 0 Å². The van der Waals surface area contributed by atoms with Crippen molar-refractivity contribution in [3.05, 3.63) is 71.3 Å². The highest BCUT2D eigenvalue weighted by Gasteiger charge is 2.05. The summed E-state index contributed by atoms with van der Waals surface area (Å²) in [5.74, 6) is -0.0107. The maximum Gasteiger partial charge on any atom is 0.224 e. The molecule has 0 bridgehead atoms. The van der Waals surface area contributed by atoms with E-state index in [0.717, 1.165) is 24.1 Å². The van der Waals surface area contributed by atoms with Gasteiger partial charge in [0.25, 0.3) is 0 Å². The van der Waals surface area contributed by atoms with Crippen LogP contribution in [-0.2, 0) is 4.79 Å². The smallest absolute Gasteiger partial charge is 0.224 e. The van der Waals surface area contributed by atoms with Crippen LogP contribution in [0, 0.1) is 6.92 Å². The number of allylic oxidation sites excluding steroid dienone is 1. The van der Waals surface area contributed by atoms with Crippen molar-refractivity contribution < 1.29 is 9.59 Å².